The lowest BCUT2D eigenvalue weighted by atomic mass is 10.1. The number of halogens is 1. The quantitative estimate of drug-likeness (QED) is 0.386. The first-order valence-electron chi connectivity index (χ1n) is 12.1. The number of benzene rings is 1. The Morgan fingerprint density at radius 1 is 1.08 bits per heavy atom. The molecule has 5 aromatic rings. The number of nitrogens with zero attached hydrogens (tertiary/aromatic N) is 7. The molecule has 188 valence electrons. The van der Waals surface area contributed by atoms with Gasteiger partial charge in [-0.3, -0.25) is 9.36 Å². The van der Waals surface area contributed by atoms with Gasteiger partial charge in [0.25, 0.3) is 5.56 Å². The third kappa shape index (κ3) is 4.35. The zero-order valence-electron chi connectivity index (χ0n) is 20.2. The highest BCUT2D eigenvalue weighted by molar-refractivity contribution is 5.89. The monoisotopic (exact) mass is 514 g/mol. The van der Waals surface area contributed by atoms with Crippen LogP contribution in [0.15, 0.2) is 72.0 Å². The zero-order chi connectivity index (χ0) is 24.6. The van der Waals surface area contributed by atoms with Gasteiger partial charge in [-0.25, -0.2) is 9.97 Å². The van der Waals surface area contributed by atoms with Gasteiger partial charge in [-0.2, -0.15) is 5.26 Å². The second-order valence-corrected chi connectivity index (χ2v) is 9.28. The van der Waals surface area contributed by atoms with Crippen LogP contribution in [0.5, 0.6) is 0 Å². The van der Waals surface area contributed by atoms with Crippen LogP contribution >= 0.6 is 12.4 Å². The van der Waals surface area contributed by atoms with Crippen molar-refractivity contribution in [3.8, 4) is 6.07 Å². The summed E-state index contributed by atoms with van der Waals surface area (Å²) >= 11 is 0. The minimum Gasteiger partial charge on any atom is -0.355 e. The summed E-state index contributed by atoms with van der Waals surface area (Å²) in [6.45, 7) is 2.19. The molecule has 6 rings (SSSR count). The molecular weight excluding hydrogens is 488 g/mol. The molecule has 9 nitrogen and oxygen atoms in total. The SMILES string of the molecule is Cl.N#Cc1c(N2CCC[C@H](N)C2)n(Cc2ccccc2)c2c(=O)n(Cc3cnc4ccccn34)cnc12. The second kappa shape index (κ2) is 10.1. The maximum Gasteiger partial charge on any atom is 0.278 e. The number of rotatable bonds is 5. The van der Waals surface area contributed by atoms with Crippen molar-refractivity contribution in [2.45, 2.75) is 32.0 Å². The van der Waals surface area contributed by atoms with Crippen LogP contribution in [0, 0.1) is 11.3 Å². The lowest BCUT2D eigenvalue weighted by Crippen LogP contribution is -2.44. The summed E-state index contributed by atoms with van der Waals surface area (Å²) in [7, 11) is 0. The summed E-state index contributed by atoms with van der Waals surface area (Å²) in [5.74, 6) is 0.726. The molecule has 0 spiro atoms. The molecule has 1 aliphatic rings. The molecule has 1 fully saturated rings. The maximum absolute atomic E-state index is 14.0. The number of fused-ring (bicyclic) bond motifs is 2. The first kappa shape index (κ1) is 24.6. The van der Waals surface area contributed by atoms with Gasteiger partial charge in [0.15, 0.2) is 0 Å². The topological polar surface area (TPSA) is 110 Å². The molecule has 0 aliphatic carbocycles. The number of piperidine rings is 1. The van der Waals surface area contributed by atoms with E-state index in [0.29, 0.717) is 36.2 Å². The Kier molecular flexibility index (Phi) is 6.70. The molecule has 37 heavy (non-hydrogen) atoms. The van der Waals surface area contributed by atoms with Crippen molar-refractivity contribution >= 4 is 34.9 Å². The van der Waals surface area contributed by atoms with Crippen LogP contribution in [0.2, 0.25) is 0 Å². The highest BCUT2D eigenvalue weighted by atomic mass is 35.5. The fraction of sp³-hybridized carbons (Fsp3) is 0.259. The van der Waals surface area contributed by atoms with Crippen molar-refractivity contribution < 1.29 is 0 Å². The highest BCUT2D eigenvalue weighted by Gasteiger charge is 2.28. The van der Waals surface area contributed by atoms with Crippen molar-refractivity contribution in [1.82, 2.24) is 23.5 Å². The third-order valence-electron chi connectivity index (χ3n) is 6.88. The average molecular weight is 515 g/mol. The summed E-state index contributed by atoms with van der Waals surface area (Å²) in [6, 6.07) is 18.1. The molecule has 2 N–H and O–H groups in total. The van der Waals surface area contributed by atoms with E-state index in [9.17, 15) is 10.1 Å². The van der Waals surface area contributed by atoms with E-state index in [-0.39, 0.29) is 24.0 Å². The largest absolute Gasteiger partial charge is 0.355 e. The molecule has 0 amide bonds. The first-order chi connectivity index (χ1) is 17.6. The van der Waals surface area contributed by atoms with E-state index in [2.05, 4.69) is 20.9 Å². The summed E-state index contributed by atoms with van der Waals surface area (Å²) in [6.07, 6.45) is 7.12. The summed E-state index contributed by atoms with van der Waals surface area (Å²) < 4.78 is 5.51. The Labute approximate surface area is 219 Å². The van der Waals surface area contributed by atoms with Gasteiger partial charge < -0.3 is 19.6 Å². The van der Waals surface area contributed by atoms with E-state index in [4.69, 9.17) is 5.73 Å². The van der Waals surface area contributed by atoms with Gasteiger partial charge >= 0.3 is 0 Å². The van der Waals surface area contributed by atoms with Gasteiger partial charge in [0.2, 0.25) is 0 Å². The number of aromatic nitrogens is 5. The van der Waals surface area contributed by atoms with Crippen LogP contribution in [0.4, 0.5) is 5.82 Å². The van der Waals surface area contributed by atoms with Crippen LogP contribution in [0.1, 0.15) is 29.7 Å². The van der Waals surface area contributed by atoms with E-state index < -0.39 is 0 Å². The van der Waals surface area contributed by atoms with Crippen LogP contribution in [-0.4, -0.2) is 42.6 Å². The second-order valence-electron chi connectivity index (χ2n) is 9.28. The lowest BCUT2D eigenvalue weighted by Gasteiger charge is -2.33. The van der Waals surface area contributed by atoms with E-state index >= 15 is 0 Å². The zero-order valence-corrected chi connectivity index (χ0v) is 21.0. The van der Waals surface area contributed by atoms with Gasteiger partial charge in [0.1, 0.15) is 34.1 Å². The van der Waals surface area contributed by atoms with Crippen molar-refractivity contribution in [2.75, 3.05) is 18.0 Å². The van der Waals surface area contributed by atoms with Gasteiger partial charge in [-0.05, 0) is 30.5 Å². The highest BCUT2D eigenvalue weighted by Crippen LogP contribution is 2.32. The number of nitrogens with two attached hydrogens (primary N) is 1. The molecule has 1 saturated heterocycles. The maximum atomic E-state index is 14.0. The summed E-state index contributed by atoms with van der Waals surface area (Å²) in [5.41, 5.74) is 10.1. The molecule has 0 bridgehead atoms. The smallest absolute Gasteiger partial charge is 0.278 e. The molecule has 0 saturated carbocycles. The first-order valence-corrected chi connectivity index (χ1v) is 12.1. The summed E-state index contributed by atoms with van der Waals surface area (Å²) in [5, 5.41) is 10.2. The van der Waals surface area contributed by atoms with Gasteiger partial charge in [-0.1, -0.05) is 36.4 Å². The minimum atomic E-state index is -0.189. The standard InChI is InChI=1S/C27H26N8O.ClH/c28-13-22-24-25(27(36)33(18-31-24)17-21-14-30-23-10-4-5-12-34(21)23)35(15-19-7-2-1-3-8-19)26(22)32-11-6-9-20(29)16-32;/h1-5,7-8,10,12,14,18,20H,6,9,11,15-17,29H2;1H/t20-;/m0./s1. The van der Waals surface area contributed by atoms with Crippen molar-refractivity contribution in [1.29, 1.82) is 5.26 Å². The molecule has 4 aromatic heterocycles. The molecule has 1 aromatic carbocycles. The number of hydrogen-bond donors (Lipinski definition) is 1. The molecule has 1 aliphatic heterocycles. The fourth-order valence-corrected chi connectivity index (χ4v) is 5.19. The average Bonchev–Trinajstić information content (AvgIpc) is 3.45. The number of pyridine rings is 1. The minimum absolute atomic E-state index is 0. The molecular formula is C27H27ClN8O. The van der Waals surface area contributed by atoms with Crippen LogP contribution < -0.4 is 16.2 Å². The van der Waals surface area contributed by atoms with Crippen molar-refractivity contribution in [2.24, 2.45) is 5.73 Å². The summed E-state index contributed by atoms with van der Waals surface area (Å²) in [4.78, 5) is 25.2. The third-order valence-corrected chi connectivity index (χ3v) is 6.88. The van der Waals surface area contributed by atoms with E-state index in [1.165, 1.54) is 6.33 Å². The van der Waals surface area contributed by atoms with Crippen molar-refractivity contribution in [3.05, 3.63) is 94.4 Å². The Morgan fingerprint density at radius 2 is 1.89 bits per heavy atom. The molecule has 1 atom stereocenters. The van der Waals surface area contributed by atoms with Crippen LogP contribution in [-0.2, 0) is 13.1 Å². The Morgan fingerprint density at radius 3 is 2.68 bits per heavy atom. The normalized spacial score (nSPS) is 15.6. The predicted molar refractivity (Wildman–Crippen MR) is 145 cm³/mol. The van der Waals surface area contributed by atoms with Crippen LogP contribution in [0.3, 0.4) is 0 Å². The predicted octanol–water partition coefficient (Wildman–Crippen LogP) is 3.16. The molecule has 0 unspecified atom stereocenters. The van der Waals surface area contributed by atoms with Crippen molar-refractivity contribution in [3.63, 3.8) is 0 Å². The lowest BCUT2D eigenvalue weighted by molar-refractivity contribution is 0.498. The number of hydrogen-bond acceptors (Lipinski definition) is 6. The van der Waals surface area contributed by atoms with Gasteiger partial charge in [0, 0.05) is 31.9 Å². The van der Waals surface area contributed by atoms with Crippen LogP contribution in [0.25, 0.3) is 16.7 Å². The molecule has 10 heteroatoms. The number of anilines is 1. The van der Waals surface area contributed by atoms with E-state index in [1.54, 1.807) is 10.8 Å². The van der Waals surface area contributed by atoms with Gasteiger partial charge in [-0.15, -0.1) is 12.4 Å². The van der Waals surface area contributed by atoms with E-state index in [1.807, 2.05) is 63.7 Å². The Balaban J connectivity index is 0.00000280. The number of imidazole rings is 1. The van der Waals surface area contributed by atoms with Gasteiger partial charge in [0.05, 0.1) is 24.8 Å². The van der Waals surface area contributed by atoms with E-state index in [0.717, 1.165) is 42.1 Å². The number of nitriles is 1. The molecule has 0 radical (unpaired) electrons. The molecule has 5 heterocycles. The Hall–Kier alpha value is -4.13. The Bertz CT molecular complexity index is 1660. The fourth-order valence-electron chi connectivity index (χ4n) is 5.19.